The molecule has 0 aliphatic heterocycles. The number of rotatable bonds is 5. The van der Waals surface area contributed by atoms with Gasteiger partial charge >= 0.3 is 5.97 Å². The topological polar surface area (TPSA) is 80.9 Å². The third kappa shape index (κ3) is 2.67. The first-order valence-electron chi connectivity index (χ1n) is 6.44. The van der Waals surface area contributed by atoms with Crippen molar-refractivity contribution in [3.8, 4) is 11.4 Å². The summed E-state index contributed by atoms with van der Waals surface area (Å²) in [6.07, 6.45) is 0.727. The Morgan fingerprint density at radius 3 is 2.67 bits per heavy atom. The Bertz CT molecular complexity index is 670. The van der Waals surface area contributed by atoms with E-state index in [-0.39, 0.29) is 0 Å². The van der Waals surface area contributed by atoms with E-state index in [9.17, 15) is 9.90 Å². The summed E-state index contributed by atoms with van der Waals surface area (Å²) in [5.74, 6) is -0.625. The van der Waals surface area contributed by atoms with Crippen molar-refractivity contribution in [2.24, 2.45) is 0 Å². The van der Waals surface area contributed by atoms with E-state index in [2.05, 4.69) is 31.5 Å². The average Bonchev–Trinajstić information content (AvgIpc) is 2.93. The molecule has 0 atom stereocenters. The fraction of sp³-hybridized carbons (Fsp3) is 0.385. The van der Waals surface area contributed by atoms with E-state index in [0.717, 1.165) is 4.47 Å². The Labute approximate surface area is 135 Å². The standard InChI is InChI=1S/C13H14BrClN4O2/c1-3-13(4-2,12(20)21)19-11(16-17-18-19)9-7-8(14)5-6-10(9)15/h5-7H,3-4H2,1-2H3,(H,20,21). The van der Waals surface area contributed by atoms with Gasteiger partial charge in [-0.15, -0.1) is 5.10 Å². The average molecular weight is 374 g/mol. The van der Waals surface area contributed by atoms with Gasteiger partial charge in [-0.25, -0.2) is 9.48 Å². The Morgan fingerprint density at radius 2 is 2.10 bits per heavy atom. The molecule has 112 valence electrons. The van der Waals surface area contributed by atoms with Crippen LogP contribution in [0.25, 0.3) is 11.4 Å². The summed E-state index contributed by atoms with van der Waals surface area (Å²) in [6.45, 7) is 3.59. The number of aromatic nitrogens is 4. The third-order valence-electron chi connectivity index (χ3n) is 3.61. The smallest absolute Gasteiger partial charge is 0.331 e. The summed E-state index contributed by atoms with van der Waals surface area (Å²) >= 11 is 9.57. The maximum absolute atomic E-state index is 11.8. The number of carboxylic acid groups (broad SMARTS) is 1. The zero-order chi connectivity index (χ0) is 15.6. The van der Waals surface area contributed by atoms with Gasteiger partial charge in [0.1, 0.15) is 0 Å². The molecule has 0 bridgehead atoms. The minimum Gasteiger partial charge on any atom is -0.479 e. The summed E-state index contributed by atoms with van der Waals surface area (Å²) in [5, 5.41) is 21.6. The van der Waals surface area contributed by atoms with E-state index in [1.807, 2.05) is 0 Å². The molecule has 2 rings (SSSR count). The van der Waals surface area contributed by atoms with Gasteiger partial charge in [0.15, 0.2) is 11.4 Å². The highest BCUT2D eigenvalue weighted by molar-refractivity contribution is 9.10. The molecule has 1 aromatic carbocycles. The molecule has 1 aromatic heterocycles. The van der Waals surface area contributed by atoms with Gasteiger partial charge in [-0.2, -0.15) is 0 Å². The Morgan fingerprint density at radius 1 is 1.43 bits per heavy atom. The number of carbonyl (C=O) groups is 1. The van der Waals surface area contributed by atoms with Crippen LogP contribution in [-0.2, 0) is 10.3 Å². The highest BCUT2D eigenvalue weighted by Gasteiger charge is 2.40. The first-order valence-corrected chi connectivity index (χ1v) is 7.61. The molecule has 0 aliphatic rings. The largest absolute Gasteiger partial charge is 0.479 e. The lowest BCUT2D eigenvalue weighted by Crippen LogP contribution is -2.42. The molecule has 0 spiro atoms. The van der Waals surface area contributed by atoms with Crippen molar-refractivity contribution >= 4 is 33.5 Å². The van der Waals surface area contributed by atoms with E-state index in [0.29, 0.717) is 29.3 Å². The SMILES string of the molecule is CCC(CC)(C(=O)O)n1nnnc1-c1cc(Br)ccc1Cl. The molecule has 1 N–H and O–H groups in total. The van der Waals surface area contributed by atoms with Crippen LogP contribution in [0.2, 0.25) is 5.02 Å². The molecule has 21 heavy (non-hydrogen) atoms. The van der Waals surface area contributed by atoms with Gasteiger partial charge in [0.25, 0.3) is 0 Å². The van der Waals surface area contributed by atoms with Crippen LogP contribution in [0.4, 0.5) is 0 Å². The van der Waals surface area contributed by atoms with Crippen molar-refractivity contribution in [3.63, 3.8) is 0 Å². The summed E-state index contributed by atoms with van der Waals surface area (Å²) in [7, 11) is 0. The second-order valence-electron chi connectivity index (χ2n) is 4.58. The van der Waals surface area contributed by atoms with Crippen LogP contribution in [0, 0.1) is 0 Å². The second kappa shape index (κ2) is 6.11. The number of tetrazole rings is 1. The third-order valence-corrected chi connectivity index (χ3v) is 4.43. The predicted octanol–water partition coefficient (Wildman–Crippen LogP) is 3.36. The zero-order valence-electron chi connectivity index (χ0n) is 11.5. The van der Waals surface area contributed by atoms with Crippen molar-refractivity contribution in [2.75, 3.05) is 0 Å². The molecule has 0 amide bonds. The normalized spacial score (nSPS) is 11.6. The number of aliphatic carboxylic acids is 1. The molecule has 0 fully saturated rings. The van der Waals surface area contributed by atoms with Crippen LogP contribution in [0.5, 0.6) is 0 Å². The summed E-state index contributed by atoms with van der Waals surface area (Å²) < 4.78 is 2.16. The Balaban J connectivity index is 2.67. The highest BCUT2D eigenvalue weighted by Crippen LogP contribution is 2.34. The maximum Gasteiger partial charge on any atom is 0.331 e. The van der Waals surface area contributed by atoms with Gasteiger partial charge in [-0.05, 0) is 41.5 Å². The van der Waals surface area contributed by atoms with Crippen molar-refractivity contribution in [1.82, 2.24) is 20.2 Å². The van der Waals surface area contributed by atoms with Gasteiger partial charge in [-0.1, -0.05) is 41.4 Å². The van der Waals surface area contributed by atoms with Crippen molar-refractivity contribution < 1.29 is 9.90 Å². The van der Waals surface area contributed by atoms with Gasteiger partial charge < -0.3 is 5.11 Å². The van der Waals surface area contributed by atoms with E-state index < -0.39 is 11.5 Å². The van der Waals surface area contributed by atoms with E-state index >= 15 is 0 Å². The molecular formula is C13H14BrClN4O2. The molecule has 0 unspecified atom stereocenters. The lowest BCUT2D eigenvalue weighted by atomic mass is 9.92. The number of halogens is 2. The van der Waals surface area contributed by atoms with Gasteiger partial charge in [0, 0.05) is 10.0 Å². The van der Waals surface area contributed by atoms with E-state index in [1.54, 1.807) is 32.0 Å². The van der Waals surface area contributed by atoms with E-state index in [4.69, 9.17) is 11.6 Å². The zero-order valence-corrected chi connectivity index (χ0v) is 13.9. The Kier molecular flexibility index (Phi) is 4.63. The van der Waals surface area contributed by atoms with Crippen molar-refractivity contribution in [1.29, 1.82) is 0 Å². The van der Waals surface area contributed by atoms with E-state index in [1.165, 1.54) is 4.68 Å². The first-order chi connectivity index (χ1) is 9.96. The predicted molar refractivity (Wildman–Crippen MR) is 82.2 cm³/mol. The number of carboxylic acids is 1. The van der Waals surface area contributed by atoms with Crippen LogP contribution < -0.4 is 0 Å². The molecule has 6 nitrogen and oxygen atoms in total. The van der Waals surface area contributed by atoms with Gasteiger partial charge in [-0.3, -0.25) is 0 Å². The monoisotopic (exact) mass is 372 g/mol. The second-order valence-corrected chi connectivity index (χ2v) is 5.91. The number of nitrogens with zero attached hydrogens (tertiary/aromatic N) is 4. The molecule has 0 aliphatic carbocycles. The Hall–Kier alpha value is -1.47. The summed E-state index contributed by atoms with van der Waals surface area (Å²) in [5.41, 5.74) is -0.603. The quantitative estimate of drug-likeness (QED) is 0.869. The summed E-state index contributed by atoms with van der Waals surface area (Å²) in [6, 6.07) is 5.27. The fourth-order valence-electron chi connectivity index (χ4n) is 2.25. The van der Waals surface area contributed by atoms with Crippen molar-refractivity contribution in [2.45, 2.75) is 32.2 Å². The minimum absolute atomic E-state index is 0.340. The van der Waals surface area contributed by atoms with Crippen LogP contribution >= 0.6 is 27.5 Å². The lowest BCUT2D eigenvalue weighted by Gasteiger charge is -2.27. The molecule has 2 aromatic rings. The molecule has 8 heteroatoms. The van der Waals surface area contributed by atoms with Gasteiger partial charge in [0.05, 0.1) is 5.02 Å². The number of hydrogen-bond donors (Lipinski definition) is 1. The fourth-order valence-corrected chi connectivity index (χ4v) is 2.82. The number of hydrogen-bond acceptors (Lipinski definition) is 4. The van der Waals surface area contributed by atoms with Gasteiger partial charge in [0.2, 0.25) is 0 Å². The molecule has 1 heterocycles. The highest BCUT2D eigenvalue weighted by atomic mass is 79.9. The first kappa shape index (κ1) is 15.9. The molecular weight excluding hydrogens is 360 g/mol. The molecule has 0 saturated carbocycles. The van der Waals surface area contributed by atoms with Crippen LogP contribution in [0.1, 0.15) is 26.7 Å². The molecule has 0 saturated heterocycles. The van der Waals surface area contributed by atoms with Crippen molar-refractivity contribution in [3.05, 3.63) is 27.7 Å². The number of benzene rings is 1. The lowest BCUT2D eigenvalue weighted by molar-refractivity contribution is -0.148. The maximum atomic E-state index is 11.8. The summed E-state index contributed by atoms with van der Waals surface area (Å²) in [4.78, 5) is 11.8. The van der Waals surface area contributed by atoms with Crippen LogP contribution in [0.15, 0.2) is 22.7 Å². The van der Waals surface area contributed by atoms with Crippen LogP contribution in [-0.4, -0.2) is 31.3 Å². The minimum atomic E-state index is -1.19. The molecule has 0 radical (unpaired) electrons. The van der Waals surface area contributed by atoms with Crippen LogP contribution in [0.3, 0.4) is 0 Å².